The van der Waals surface area contributed by atoms with Gasteiger partial charge in [-0.3, -0.25) is 4.79 Å². The molecule has 2 aromatic carbocycles. The van der Waals surface area contributed by atoms with Gasteiger partial charge in [-0.15, -0.1) is 0 Å². The Kier molecular flexibility index (Phi) is 5.57. The van der Waals surface area contributed by atoms with E-state index in [0.29, 0.717) is 23.0 Å². The predicted molar refractivity (Wildman–Crippen MR) is 104 cm³/mol. The molecule has 0 aliphatic rings. The quantitative estimate of drug-likeness (QED) is 0.506. The van der Waals surface area contributed by atoms with Crippen molar-refractivity contribution in [1.82, 2.24) is 0 Å². The van der Waals surface area contributed by atoms with Crippen LogP contribution in [-0.2, 0) is 6.61 Å². The average molecular weight is 367 g/mol. The summed E-state index contributed by atoms with van der Waals surface area (Å²) in [6.45, 7) is 5.65. The molecule has 1 heterocycles. The first-order valence-electron chi connectivity index (χ1n) is 8.79. The van der Waals surface area contributed by atoms with Gasteiger partial charge in [0.2, 0.25) is 0 Å². The van der Waals surface area contributed by atoms with E-state index < -0.39 is 5.63 Å². The number of fused-ring (bicyclic) bond motifs is 1. The minimum Gasteiger partial charge on any atom is -0.456 e. The molecule has 0 fully saturated rings. The zero-order chi connectivity index (χ0) is 19.4. The molecule has 6 heteroatoms. The number of rotatable bonds is 7. The zero-order valence-corrected chi connectivity index (χ0v) is 15.3. The van der Waals surface area contributed by atoms with E-state index in [4.69, 9.17) is 14.3 Å². The number of hydrogen-bond acceptors (Lipinski definition) is 6. The number of anilines is 1. The molecule has 0 amide bonds. The molecule has 3 aromatic rings. The van der Waals surface area contributed by atoms with Gasteiger partial charge in [0, 0.05) is 24.8 Å². The number of hydrogen-bond donors (Lipinski definition) is 1. The lowest BCUT2D eigenvalue weighted by atomic mass is 10.1. The minimum atomic E-state index is -0.740. The second-order valence-electron chi connectivity index (χ2n) is 6.01. The third kappa shape index (κ3) is 3.71. The molecular weight excluding hydrogens is 346 g/mol. The molecule has 0 radical (unpaired) electrons. The van der Waals surface area contributed by atoms with Crippen LogP contribution in [0.5, 0.6) is 11.5 Å². The maximum atomic E-state index is 12.3. The largest absolute Gasteiger partial charge is 0.456 e. The van der Waals surface area contributed by atoms with Gasteiger partial charge in [0.15, 0.2) is 12.0 Å². The Hall–Kier alpha value is -3.12. The molecule has 0 aliphatic heterocycles. The highest BCUT2D eigenvalue weighted by molar-refractivity contribution is 5.94. The summed E-state index contributed by atoms with van der Waals surface area (Å²) in [5.74, 6) is 0.620. The normalized spacial score (nSPS) is 10.8. The van der Waals surface area contributed by atoms with Crippen LogP contribution in [0, 0.1) is 0 Å². The highest BCUT2D eigenvalue weighted by atomic mass is 16.5. The summed E-state index contributed by atoms with van der Waals surface area (Å²) in [7, 11) is 0. The van der Waals surface area contributed by atoms with Crippen molar-refractivity contribution in [2.75, 3.05) is 18.0 Å². The third-order valence-electron chi connectivity index (χ3n) is 4.45. The molecule has 0 saturated carbocycles. The minimum absolute atomic E-state index is 0.0775. The maximum absolute atomic E-state index is 12.3. The fourth-order valence-electron chi connectivity index (χ4n) is 2.95. The fourth-order valence-corrected chi connectivity index (χ4v) is 2.95. The molecule has 0 unspecified atom stereocenters. The van der Waals surface area contributed by atoms with Gasteiger partial charge in [0.1, 0.15) is 16.9 Å². The summed E-state index contributed by atoms with van der Waals surface area (Å²) in [6, 6.07) is 12.2. The summed E-state index contributed by atoms with van der Waals surface area (Å²) >= 11 is 0. The Labute approximate surface area is 156 Å². The maximum Gasteiger partial charge on any atom is 0.350 e. The predicted octanol–water partition coefficient (Wildman–Crippen LogP) is 3.74. The Morgan fingerprint density at radius 1 is 1.11 bits per heavy atom. The van der Waals surface area contributed by atoms with Crippen LogP contribution in [0.3, 0.4) is 0 Å². The molecular formula is C21H21NO5. The van der Waals surface area contributed by atoms with E-state index >= 15 is 0 Å². The highest BCUT2D eigenvalue weighted by Gasteiger charge is 2.17. The van der Waals surface area contributed by atoms with Crippen LogP contribution in [-0.4, -0.2) is 24.5 Å². The average Bonchev–Trinajstić information content (AvgIpc) is 2.69. The van der Waals surface area contributed by atoms with Crippen molar-refractivity contribution in [1.29, 1.82) is 0 Å². The molecule has 0 saturated heterocycles. The first-order chi connectivity index (χ1) is 13.1. The fraction of sp³-hybridized carbons (Fsp3) is 0.238. The molecule has 1 aromatic heterocycles. The van der Waals surface area contributed by atoms with Crippen molar-refractivity contribution in [3.05, 3.63) is 64.0 Å². The smallest absolute Gasteiger partial charge is 0.350 e. The summed E-state index contributed by atoms with van der Waals surface area (Å²) in [4.78, 5) is 25.9. The van der Waals surface area contributed by atoms with Crippen LogP contribution in [0.15, 0.2) is 51.7 Å². The number of ether oxygens (including phenoxy) is 1. The van der Waals surface area contributed by atoms with Crippen molar-refractivity contribution in [2.24, 2.45) is 0 Å². The Morgan fingerprint density at radius 2 is 1.81 bits per heavy atom. The molecule has 0 bridgehead atoms. The Balaban J connectivity index is 2.13. The topological polar surface area (TPSA) is 80.0 Å². The lowest BCUT2D eigenvalue weighted by Crippen LogP contribution is -2.21. The summed E-state index contributed by atoms with van der Waals surface area (Å²) in [5.41, 5.74) is 1.12. The second-order valence-corrected chi connectivity index (χ2v) is 6.01. The van der Waals surface area contributed by atoms with Gasteiger partial charge in [-0.25, -0.2) is 4.79 Å². The van der Waals surface area contributed by atoms with E-state index in [-0.39, 0.29) is 17.9 Å². The van der Waals surface area contributed by atoms with Crippen molar-refractivity contribution in [2.45, 2.75) is 20.5 Å². The molecule has 3 rings (SSSR count). The zero-order valence-electron chi connectivity index (χ0n) is 15.3. The molecule has 1 N–H and O–H groups in total. The molecule has 27 heavy (non-hydrogen) atoms. The van der Waals surface area contributed by atoms with Gasteiger partial charge in [-0.05, 0) is 43.7 Å². The van der Waals surface area contributed by atoms with E-state index in [1.165, 1.54) is 0 Å². The molecule has 0 spiro atoms. The number of benzene rings is 2. The van der Waals surface area contributed by atoms with Crippen LogP contribution in [0.25, 0.3) is 11.0 Å². The van der Waals surface area contributed by atoms with Gasteiger partial charge in [-0.2, -0.15) is 0 Å². The Morgan fingerprint density at radius 3 is 2.41 bits per heavy atom. The van der Waals surface area contributed by atoms with Gasteiger partial charge in [0.25, 0.3) is 0 Å². The van der Waals surface area contributed by atoms with E-state index in [0.717, 1.165) is 24.3 Å². The van der Waals surface area contributed by atoms with Gasteiger partial charge < -0.3 is 19.2 Å². The first kappa shape index (κ1) is 18.7. The molecule has 0 atom stereocenters. The monoisotopic (exact) mass is 367 g/mol. The van der Waals surface area contributed by atoms with Crippen molar-refractivity contribution >= 4 is 22.9 Å². The number of nitrogens with zero attached hydrogens (tertiary/aromatic N) is 1. The van der Waals surface area contributed by atoms with Gasteiger partial charge in [0.05, 0.1) is 12.0 Å². The van der Waals surface area contributed by atoms with Gasteiger partial charge >= 0.3 is 5.63 Å². The second kappa shape index (κ2) is 8.05. The number of carbonyl (C=O) groups excluding carboxylic acids is 1. The number of aldehydes is 1. The summed E-state index contributed by atoms with van der Waals surface area (Å²) < 4.78 is 11.2. The highest BCUT2D eigenvalue weighted by Crippen LogP contribution is 2.33. The van der Waals surface area contributed by atoms with E-state index in [1.54, 1.807) is 36.4 Å². The van der Waals surface area contributed by atoms with Crippen molar-refractivity contribution in [3.63, 3.8) is 0 Å². The summed E-state index contributed by atoms with van der Waals surface area (Å²) in [5, 5.41) is 9.69. The lowest BCUT2D eigenvalue weighted by molar-refractivity contribution is 0.111. The lowest BCUT2D eigenvalue weighted by Gasteiger charge is -2.21. The Bertz CT molecular complexity index is 1000. The summed E-state index contributed by atoms with van der Waals surface area (Å²) in [6.07, 6.45) is 0.445. The van der Waals surface area contributed by atoms with E-state index in [1.807, 2.05) is 19.9 Å². The molecule has 0 aliphatic carbocycles. The van der Waals surface area contributed by atoms with Crippen LogP contribution in [0.2, 0.25) is 0 Å². The van der Waals surface area contributed by atoms with Crippen LogP contribution in [0.4, 0.5) is 5.69 Å². The van der Waals surface area contributed by atoms with Crippen LogP contribution in [0.1, 0.15) is 29.8 Å². The number of carbonyl (C=O) groups is 1. The molecule has 140 valence electrons. The van der Waals surface area contributed by atoms with Crippen LogP contribution < -0.4 is 15.3 Å². The number of aliphatic hydroxyl groups excluding tert-OH is 1. The van der Waals surface area contributed by atoms with Crippen LogP contribution >= 0.6 is 0 Å². The first-order valence-corrected chi connectivity index (χ1v) is 8.79. The number of aliphatic hydroxyl groups is 1. The standard InChI is InChI=1S/C21H21NO5/c1-3-22(4-2)15-7-10-17-19(11-15)27-21(25)18(13-24)20(17)26-16-8-5-14(12-23)6-9-16/h5-11,13,23H,3-4,12H2,1-2H3. The third-order valence-corrected chi connectivity index (χ3v) is 4.45. The van der Waals surface area contributed by atoms with E-state index in [9.17, 15) is 9.59 Å². The van der Waals surface area contributed by atoms with Gasteiger partial charge in [-0.1, -0.05) is 12.1 Å². The van der Waals surface area contributed by atoms with Crippen molar-refractivity contribution < 1.29 is 19.1 Å². The molecule has 6 nitrogen and oxygen atoms in total. The SMILES string of the molecule is CCN(CC)c1ccc2c(Oc3ccc(CO)cc3)c(C=O)c(=O)oc2c1. The van der Waals surface area contributed by atoms with Crippen molar-refractivity contribution in [3.8, 4) is 11.5 Å². The van der Waals surface area contributed by atoms with E-state index in [2.05, 4.69) is 4.90 Å².